The molecular formula is C11H19NO5S. The summed E-state index contributed by atoms with van der Waals surface area (Å²) < 4.78 is 23.4. The fourth-order valence-corrected chi connectivity index (χ4v) is 3.51. The van der Waals surface area contributed by atoms with Crippen molar-refractivity contribution in [2.24, 2.45) is 5.92 Å². The van der Waals surface area contributed by atoms with Crippen LogP contribution in [0, 0.1) is 5.92 Å². The molecule has 1 amide bonds. The predicted molar refractivity (Wildman–Crippen MR) is 65.9 cm³/mol. The van der Waals surface area contributed by atoms with E-state index in [1.54, 1.807) is 4.90 Å². The molecule has 18 heavy (non-hydrogen) atoms. The third-order valence-corrected chi connectivity index (χ3v) is 4.67. The smallest absolute Gasteiger partial charge is 0.307 e. The minimum absolute atomic E-state index is 0.410. The zero-order valence-corrected chi connectivity index (χ0v) is 11.3. The van der Waals surface area contributed by atoms with Gasteiger partial charge in [0.05, 0.1) is 11.7 Å². The molecule has 0 aromatic heterocycles. The number of carbonyl (C=O) groups excluding carboxylic acids is 1. The van der Waals surface area contributed by atoms with Crippen LogP contribution in [0.1, 0.15) is 26.2 Å². The van der Waals surface area contributed by atoms with Gasteiger partial charge in [-0.05, 0) is 19.3 Å². The largest absolute Gasteiger partial charge is 0.481 e. The molecule has 1 aliphatic heterocycles. The highest BCUT2D eigenvalue weighted by Crippen LogP contribution is 2.10. The monoisotopic (exact) mass is 277 g/mol. The zero-order chi connectivity index (χ0) is 13.8. The third kappa shape index (κ3) is 4.64. The van der Waals surface area contributed by atoms with Gasteiger partial charge in [0.2, 0.25) is 5.91 Å². The molecule has 0 aliphatic carbocycles. The van der Waals surface area contributed by atoms with E-state index in [4.69, 9.17) is 5.11 Å². The number of amides is 1. The minimum atomic E-state index is -3.65. The molecule has 6 nitrogen and oxygen atoms in total. The lowest BCUT2D eigenvalue weighted by atomic mass is 10.1. The van der Waals surface area contributed by atoms with Crippen molar-refractivity contribution in [3.63, 3.8) is 0 Å². The van der Waals surface area contributed by atoms with E-state index in [1.165, 1.54) is 6.92 Å². The van der Waals surface area contributed by atoms with E-state index in [9.17, 15) is 18.0 Å². The van der Waals surface area contributed by atoms with Crippen molar-refractivity contribution >= 4 is 21.7 Å². The summed E-state index contributed by atoms with van der Waals surface area (Å²) >= 11 is 0. The molecule has 0 radical (unpaired) electrons. The minimum Gasteiger partial charge on any atom is -0.481 e. The molecule has 1 aliphatic rings. The second kappa shape index (κ2) is 6.17. The SMILES string of the molecule is CC(CS(=O)(=O)CC(=O)N1CCCCC1)C(=O)O. The second-order valence-electron chi connectivity index (χ2n) is 4.74. The Morgan fingerprint density at radius 3 is 2.28 bits per heavy atom. The number of likely N-dealkylation sites (tertiary alicyclic amines) is 1. The summed E-state index contributed by atoms with van der Waals surface area (Å²) in [6.45, 7) is 2.52. The van der Waals surface area contributed by atoms with Crippen molar-refractivity contribution in [3.05, 3.63) is 0 Å². The van der Waals surface area contributed by atoms with Crippen LogP contribution in [0.2, 0.25) is 0 Å². The molecule has 1 N–H and O–H groups in total. The van der Waals surface area contributed by atoms with Crippen molar-refractivity contribution in [2.45, 2.75) is 26.2 Å². The van der Waals surface area contributed by atoms with Crippen LogP contribution in [-0.2, 0) is 19.4 Å². The Morgan fingerprint density at radius 2 is 1.78 bits per heavy atom. The van der Waals surface area contributed by atoms with Gasteiger partial charge < -0.3 is 10.0 Å². The molecule has 1 heterocycles. The molecule has 1 atom stereocenters. The van der Waals surface area contributed by atoms with E-state index in [2.05, 4.69) is 0 Å². The van der Waals surface area contributed by atoms with Crippen LogP contribution >= 0.6 is 0 Å². The highest BCUT2D eigenvalue weighted by molar-refractivity contribution is 7.92. The first kappa shape index (κ1) is 14.9. The molecule has 0 saturated carbocycles. The quantitative estimate of drug-likeness (QED) is 0.771. The predicted octanol–water partition coefficient (Wildman–Crippen LogP) is 0.134. The second-order valence-corrected chi connectivity index (χ2v) is 6.84. The van der Waals surface area contributed by atoms with Gasteiger partial charge in [-0.3, -0.25) is 9.59 Å². The van der Waals surface area contributed by atoms with Crippen LogP contribution in [0.4, 0.5) is 0 Å². The van der Waals surface area contributed by atoms with Crippen molar-refractivity contribution in [3.8, 4) is 0 Å². The van der Waals surface area contributed by atoms with Gasteiger partial charge in [0.15, 0.2) is 9.84 Å². The summed E-state index contributed by atoms with van der Waals surface area (Å²) in [5, 5.41) is 8.67. The maximum Gasteiger partial charge on any atom is 0.307 e. The standard InChI is InChI=1S/C11H19NO5S/c1-9(11(14)15)7-18(16,17)8-10(13)12-5-3-2-4-6-12/h9H,2-8H2,1H3,(H,14,15). The summed E-state index contributed by atoms with van der Waals surface area (Å²) in [4.78, 5) is 23.9. The van der Waals surface area contributed by atoms with Crippen LogP contribution < -0.4 is 0 Å². The molecule has 0 aromatic rings. The number of carbonyl (C=O) groups is 2. The number of nitrogens with zero attached hydrogens (tertiary/aromatic N) is 1. The summed E-state index contributed by atoms with van der Waals surface area (Å²) in [7, 11) is -3.65. The van der Waals surface area contributed by atoms with E-state index >= 15 is 0 Å². The molecule has 1 rings (SSSR count). The number of sulfone groups is 1. The Morgan fingerprint density at radius 1 is 1.22 bits per heavy atom. The van der Waals surface area contributed by atoms with E-state index in [-0.39, 0.29) is 0 Å². The molecule has 1 unspecified atom stereocenters. The summed E-state index contributed by atoms with van der Waals surface area (Å²) in [5.41, 5.74) is 0. The van der Waals surface area contributed by atoms with Crippen LogP contribution in [0.25, 0.3) is 0 Å². The molecule has 0 aromatic carbocycles. The molecule has 7 heteroatoms. The topological polar surface area (TPSA) is 91.8 Å². The van der Waals surface area contributed by atoms with Crippen molar-refractivity contribution in [1.82, 2.24) is 4.90 Å². The lowest BCUT2D eigenvalue weighted by Gasteiger charge is -2.26. The third-order valence-electron chi connectivity index (χ3n) is 2.98. The normalized spacial score (nSPS) is 18.4. The van der Waals surface area contributed by atoms with Crippen LogP contribution in [0.15, 0.2) is 0 Å². The molecule has 0 spiro atoms. The summed E-state index contributed by atoms with van der Waals surface area (Å²) in [6.07, 6.45) is 2.86. The average Bonchev–Trinajstić information content (AvgIpc) is 2.28. The van der Waals surface area contributed by atoms with Gasteiger partial charge in [0.25, 0.3) is 0 Å². The Kier molecular flexibility index (Phi) is 5.13. The number of hydrogen-bond donors (Lipinski definition) is 1. The molecule has 0 bridgehead atoms. The Labute approximate surface area is 107 Å². The van der Waals surface area contributed by atoms with E-state index < -0.39 is 39.1 Å². The first-order valence-electron chi connectivity index (χ1n) is 6.03. The number of hydrogen-bond acceptors (Lipinski definition) is 4. The fraction of sp³-hybridized carbons (Fsp3) is 0.818. The van der Waals surface area contributed by atoms with Gasteiger partial charge in [-0.2, -0.15) is 0 Å². The van der Waals surface area contributed by atoms with E-state index in [0.717, 1.165) is 19.3 Å². The Balaban J connectivity index is 2.54. The van der Waals surface area contributed by atoms with Gasteiger partial charge in [0.1, 0.15) is 5.75 Å². The van der Waals surface area contributed by atoms with Gasteiger partial charge >= 0.3 is 5.97 Å². The van der Waals surface area contributed by atoms with Crippen molar-refractivity contribution < 1.29 is 23.1 Å². The summed E-state index contributed by atoms with van der Waals surface area (Å²) in [6, 6.07) is 0. The Hall–Kier alpha value is -1.11. The van der Waals surface area contributed by atoms with Gasteiger partial charge in [-0.1, -0.05) is 6.92 Å². The van der Waals surface area contributed by atoms with E-state index in [1.807, 2.05) is 0 Å². The fourth-order valence-electron chi connectivity index (χ4n) is 1.93. The Bertz CT molecular complexity index is 411. The highest BCUT2D eigenvalue weighted by Gasteiger charge is 2.26. The van der Waals surface area contributed by atoms with Crippen LogP contribution in [0.5, 0.6) is 0 Å². The molecular weight excluding hydrogens is 258 g/mol. The number of piperidine rings is 1. The number of aliphatic carboxylic acids is 1. The van der Waals surface area contributed by atoms with Gasteiger partial charge in [-0.15, -0.1) is 0 Å². The lowest BCUT2D eigenvalue weighted by molar-refractivity contribution is -0.140. The van der Waals surface area contributed by atoms with E-state index in [0.29, 0.717) is 13.1 Å². The van der Waals surface area contributed by atoms with Crippen LogP contribution in [-0.4, -0.2) is 54.9 Å². The highest BCUT2D eigenvalue weighted by atomic mass is 32.2. The number of rotatable bonds is 5. The van der Waals surface area contributed by atoms with Crippen molar-refractivity contribution in [1.29, 1.82) is 0 Å². The van der Waals surface area contributed by atoms with Crippen LogP contribution in [0.3, 0.4) is 0 Å². The van der Waals surface area contributed by atoms with Gasteiger partial charge in [-0.25, -0.2) is 8.42 Å². The van der Waals surface area contributed by atoms with Gasteiger partial charge in [0, 0.05) is 13.1 Å². The average molecular weight is 277 g/mol. The first-order chi connectivity index (χ1) is 8.32. The zero-order valence-electron chi connectivity index (χ0n) is 10.5. The number of carboxylic acids is 1. The molecule has 1 fully saturated rings. The maximum absolute atomic E-state index is 11.8. The molecule has 104 valence electrons. The lowest BCUT2D eigenvalue weighted by Crippen LogP contribution is -2.40. The number of carboxylic acid groups (broad SMARTS) is 1. The maximum atomic E-state index is 11.8. The first-order valence-corrected chi connectivity index (χ1v) is 7.85. The van der Waals surface area contributed by atoms with Crippen molar-refractivity contribution in [2.75, 3.05) is 24.6 Å². The molecule has 1 saturated heterocycles. The summed E-state index contributed by atoms with van der Waals surface area (Å²) in [5.74, 6) is -3.62.